The van der Waals surface area contributed by atoms with Gasteiger partial charge >= 0.3 is 5.97 Å². The highest BCUT2D eigenvalue weighted by molar-refractivity contribution is 5.85. The van der Waals surface area contributed by atoms with Crippen LogP contribution < -0.4 is 5.73 Å². The van der Waals surface area contributed by atoms with Gasteiger partial charge in [-0.25, -0.2) is 0 Å². The van der Waals surface area contributed by atoms with Gasteiger partial charge in [-0.2, -0.15) is 0 Å². The molecular weight excluding hydrogens is 298 g/mol. The van der Waals surface area contributed by atoms with E-state index >= 15 is 0 Å². The van der Waals surface area contributed by atoms with Crippen LogP contribution in [-0.4, -0.2) is 17.1 Å². The van der Waals surface area contributed by atoms with Gasteiger partial charge in [-0.15, -0.1) is 12.4 Å². The van der Waals surface area contributed by atoms with Crippen molar-refractivity contribution in [2.75, 3.05) is 0 Å². The normalized spacial score (nSPS) is 13.0. The fourth-order valence-electron chi connectivity index (χ4n) is 2.40. The van der Waals surface area contributed by atoms with Crippen molar-refractivity contribution in [1.82, 2.24) is 0 Å². The fraction of sp³-hybridized carbons (Fsp3) is 0.278. The van der Waals surface area contributed by atoms with E-state index in [-0.39, 0.29) is 18.4 Å². The van der Waals surface area contributed by atoms with E-state index in [1.807, 2.05) is 18.2 Å². The highest BCUT2D eigenvalue weighted by Gasteiger charge is 2.15. The minimum Gasteiger partial charge on any atom is -0.481 e. The Kier molecular flexibility index (Phi) is 7.09. The highest BCUT2D eigenvalue weighted by atomic mass is 35.5. The van der Waals surface area contributed by atoms with Crippen molar-refractivity contribution in [3.8, 4) is 11.1 Å². The van der Waals surface area contributed by atoms with E-state index in [0.29, 0.717) is 12.8 Å². The van der Waals surface area contributed by atoms with Gasteiger partial charge in [-0.3, -0.25) is 4.79 Å². The van der Waals surface area contributed by atoms with Crippen LogP contribution in [-0.2, 0) is 11.2 Å². The predicted octanol–water partition coefficient (Wildman–Crippen LogP) is 3.76. The van der Waals surface area contributed by atoms with Gasteiger partial charge in [-0.05, 0) is 29.5 Å². The quantitative estimate of drug-likeness (QED) is 0.852. The maximum absolute atomic E-state index is 10.8. The zero-order valence-corrected chi connectivity index (χ0v) is 13.4. The van der Waals surface area contributed by atoms with Crippen LogP contribution in [0.1, 0.15) is 18.9 Å². The summed E-state index contributed by atoms with van der Waals surface area (Å²) in [6, 6.07) is 18.4. The highest BCUT2D eigenvalue weighted by Crippen LogP contribution is 2.20. The van der Waals surface area contributed by atoms with Crippen LogP contribution in [0, 0.1) is 5.92 Å². The number of benzene rings is 2. The molecule has 2 aromatic rings. The SMILES string of the molecule is C[C@H](CC(N)Cc1ccc(-c2ccccc2)cc1)C(=O)O.Cl. The average molecular weight is 320 g/mol. The molecule has 0 heterocycles. The van der Waals surface area contributed by atoms with Crippen molar-refractivity contribution in [3.63, 3.8) is 0 Å². The minimum atomic E-state index is -0.787. The summed E-state index contributed by atoms with van der Waals surface area (Å²) in [6.45, 7) is 1.70. The molecule has 22 heavy (non-hydrogen) atoms. The second kappa shape index (κ2) is 8.57. The molecule has 0 aliphatic carbocycles. The molecular formula is C18H22ClNO2. The molecule has 0 amide bonds. The molecule has 0 saturated heterocycles. The van der Waals surface area contributed by atoms with E-state index in [1.165, 1.54) is 11.1 Å². The number of hydrogen-bond acceptors (Lipinski definition) is 2. The van der Waals surface area contributed by atoms with Gasteiger partial charge in [0.2, 0.25) is 0 Å². The first-order valence-corrected chi connectivity index (χ1v) is 7.19. The number of halogens is 1. The average Bonchev–Trinajstić information content (AvgIpc) is 2.48. The maximum Gasteiger partial charge on any atom is 0.306 e. The zero-order chi connectivity index (χ0) is 15.2. The van der Waals surface area contributed by atoms with Crippen molar-refractivity contribution < 1.29 is 9.90 Å². The van der Waals surface area contributed by atoms with Crippen molar-refractivity contribution in [3.05, 3.63) is 60.2 Å². The van der Waals surface area contributed by atoms with E-state index in [9.17, 15) is 4.79 Å². The maximum atomic E-state index is 10.8. The number of rotatable bonds is 6. The standard InChI is InChI=1S/C18H21NO2.ClH/c1-13(18(20)21)11-17(19)12-14-7-9-16(10-8-14)15-5-3-2-4-6-15;/h2-10,13,17H,11-12,19H2,1H3,(H,20,21);1H/t13-,17?;/m1./s1. The molecule has 0 aliphatic rings. The molecule has 0 fully saturated rings. The van der Waals surface area contributed by atoms with Crippen LogP contribution in [0.4, 0.5) is 0 Å². The first-order chi connectivity index (χ1) is 10.1. The number of carbonyl (C=O) groups is 1. The van der Waals surface area contributed by atoms with Crippen LogP contribution in [0.2, 0.25) is 0 Å². The third-order valence-electron chi connectivity index (χ3n) is 3.64. The second-order valence-corrected chi connectivity index (χ2v) is 5.50. The zero-order valence-electron chi connectivity index (χ0n) is 12.6. The first-order valence-electron chi connectivity index (χ1n) is 7.19. The van der Waals surface area contributed by atoms with Crippen LogP contribution in [0.3, 0.4) is 0 Å². The Balaban J connectivity index is 0.00000242. The number of hydrogen-bond donors (Lipinski definition) is 2. The van der Waals surface area contributed by atoms with E-state index < -0.39 is 11.9 Å². The Morgan fingerprint density at radius 3 is 2.14 bits per heavy atom. The molecule has 0 aromatic heterocycles. The second-order valence-electron chi connectivity index (χ2n) is 5.50. The molecule has 3 nitrogen and oxygen atoms in total. The first kappa shape index (κ1) is 18.2. The van der Waals surface area contributed by atoms with Crippen molar-refractivity contribution in [2.24, 2.45) is 11.7 Å². The Morgan fingerprint density at radius 1 is 1.05 bits per heavy atom. The van der Waals surface area contributed by atoms with E-state index in [0.717, 1.165) is 5.56 Å². The topological polar surface area (TPSA) is 63.3 Å². The third-order valence-corrected chi connectivity index (χ3v) is 3.64. The number of carboxylic acid groups (broad SMARTS) is 1. The number of aliphatic carboxylic acids is 1. The Labute approximate surface area is 137 Å². The molecule has 0 aliphatic heterocycles. The molecule has 2 aromatic carbocycles. The van der Waals surface area contributed by atoms with E-state index in [1.54, 1.807) is 6.92 Å². The van der Waals surface area contributed by atoms with Gasteiger partial charge in [0.15, 0.2) is 0 Å². The van der Waals surface area contributed by atoms with Gasteiger partial charge < -0.3 is 10.8 Å². The van der Waals surface area contributed by atoms with Crippen molar-refractivity contribution in [1.29, 1.82) is 0 Å². The van der Waals surface area contributed by atoms with Crippen molar-refractivity contribution >= 4 is 18.4 Å². The van der Waals surface area contributed by atoms with E-state index in [4.69, 9.17) is 10.8 Å². The summed E-state index contributed by atoms with van der Waals surface area (Å²) in [5.41, 5.74) is 9.53. The molecule has 3 N–H and O–H groups in total. The molecule has 4 heteroatoms. The molecule has 0 bridgehead atoms. The minimum absolute atomic E-state index is 0. The summed E-state index contributed by atoms with van der Waals surface area (Å²) in [7, 11) is 0. The van der Waals surface area contributed by atoms with Crippen LogP contribution in [0.15, 0.2) is 54.6 Å². The van der Waals surface area contributed by atoms with Crippen LogP contribution in [0.5, 0.6) is 0 Å². The summed E-state index contributed by atoms with van der Waals surface area (Å²) in [5, 5.41) is 8.90. The van der Waals surface area contributed by atoms with Gasteiger partial charge in [0.25, 0.3) is 0 Å². The van der Waals surface area contributed by atoms with Crippen LogP contribution in [0.25, 0.3) is 11.1 Å². The fourth-order valence-corrected chi connectivity index (χ4v) is 2.40. The van der Waals surface area contributed by atoms with Crippen LogP contribution >= 0.6 is 12.4 Å². The lowest BCUT2D eigenvalue weighted by atomic mass is 9.96. The molecule has 118 valence electrons. The molecule has 1 unspecified atom stereocenters. The molecule has 2 rings (SSSR count). The number of nitrogens with two attached hydrogens (primary N) is 1. The summed E-state index contributed by atoms with van der Waals surface area (Å²) in [4.78, 5) is 10.8. The summed E-state index contributed by atoms with van der Waals surface area (Å²) < 4.78 is 0. The summed E-state index contributed by atoms with van der Waals surface area (Å²) in [6.07, 6.45) is 1.20. The summed E-state index contributed by atoms with van der Waals surface area (Å²) in [5.74, 6) is -1.19. The van der Waals surface area contributed by atoms with Gasteiger partial charge in [0.1, 0.15) is 0 Å². The smallest absolute Gasteiger partial charge is 0.306 e. The Morgan fingerprint density at radius 2 is 1.59 bits per heavy atom. The molecule has 0 spiro atoms. The van der Waals surface area contributed by atoms with Gasteiger partial charge in [0, 0.05) is 6.04 Å². The van der Waals surface area contributed by atoms with Crippen molar-refractivity contribution in [2.45, 2.75) is 25.8 Å². The van der Waals surface area contributed by atoms with Gasteiger partial charge in [0.05, 0.1) is 5.92 Å². The van der Waals surface area contributed by atoms with Gasteiger partial charge in [-0.1, -0.05) is 61.5 Å². The Bertz CT molecular complexity index is 584. The number of carboxylic acids is 1. The lowest BCUT2D eigenvalue weighted by Crippen LogP contribution is -2.28. The predicted molar refractivity (Wildman–Crippen MR) is 92.2 cm³/mol. The lowest BCUT2D eigenvalue weighted by molar-refractivity contribution is -0.141. The Hall–Kier alpha value is -1.84. The third kappa shape index (κ3) is 5.17. The largest absolute Gasteiger partial charge is 0.481 e. The lowest BCUT2D eigenvalue weighted by Gasteiger charge is -2.14. The molecule has 0 saturated carbocycles. The molecule has 0 radical (unpaired) electrons. The molecule has 2 atom stereocenters. The summed E-state index contributed by atoms with van der Waals surface area (Å²) >= 11 is 0. The monoisotopic (exact) mass is 319 g/mol. The van der Waals surface area contributed by atoms with E-state index in [2.05, 4.69) is 36.4 Å².